The number of hydrogen-bond donors (Lipinski definition) is 2. The number of carbonyl (C=O) groups is 3. The second-order valence-electron chi connectivity index (χ2n) is 7.61. The van der Waals surface area contributed by atoms with Crippen molar-refractivity contribution in [1.29, 1.82) is 0 Å². The number of aliphatic hydroxyl groups is 1. The third-order valence-corrected chi connectivity index (χ3v) is 4.38. The van der Waals surface area contributed by atoms with Crippen molar-refractivity contribution in [2.75, 3.05) is 23.4 Å². The van der Waals surface area contributed by atoms with Gasteiger partial charge in [0.05, 0.1) is 6.61 Å². The van der Waals surface area contributed by atoms with Crippen LogP contribution in [-0.2, 0) is 30.3 Å². The second-order valence-corrected chi connectivity index (χ2v) is 7.61. The van der Waals surface area contributed by atoms with E-state index in [2.05, 4.69) is 5.32 Å². The van der Waals surface area contributed by atoms with Gasteiger partial charge in [0.1, 0.15) is 5.60 Å². The van der Waals surface area contributed by atoms with Crippen molar-refractivity contribution in [3.8, 4) is 0 Å². The standard InChI is InChI=1S/C19H24N2O6/c1-19(2,3)27-18(25)15(23)16-17(24)21(9-10-26-16)13-6-4-5-12-11(13)7-8-14(22)20-12/h4-6,15-16,23H,7-10H2,1-3H3,(H,20,22)/t15-,16?/m1/s1. The van der Waals surface area contributed by atoms with E-state index >= 15 is 0 Å². The number of nitrogens with zero attached hydrogens (tertiary/aromatic N) is 1. The molecule has 1 fully saturated rings. The second kappa shape index (κ2) is 7.28. The highest BCUT2D eigenvalue weighted by Crippen LogP contribution is 2.33. The highest BCUT2D eigenvalue weighted by Gasteiger charge is 2.41. The molecule has 1 aromatic rings. The number of hydrogen-bond acceptors (Lipinski definition) is 6. The number of esters is 1. The quantitative estimate of drug-likeness (QED) is 0.763. The van der Waals surface area contributed by atoms with Crippen LogP contribution in [0.5, 0.6) is 0 Å². The van der Waals surface area contributed by atoms with Gasteiger partial charge in [-0.25, -0.2) is 4.79 Å². The van der Waals surface area contributed by atoms with E-state index in [1.165, 1.54) is 4.90 Å². The minimum atomic E-state index is -1.71. The molecule has 0 saturated carbocycles. The van der Waals surface area contributed by atoms with Gasteiger partial charge < -0.3 is 24.8 Å². The Morgan fingerprint density at radius 1 is 1.33 bits per heavy atom. The molecule has 8 nitrogen and oxygen atoms in total. The van der Waals surface area contributed by atoms with Crippen LogP contribution in [0.15, 0.2) is 18.2 Å². The topological polar surface area (TPSA) is 105 Å². The van der Waals surface area contributed by atoms with Crippen LogP contribution in [-0.4, -0.2) is 53.9 Å². The molecule has 0 aliphatic carbocycles. The number of morpholine rings is 1. The smallest absolute Gasteiger partial charge is 0.338 e. The van der Waals surface area contributed by atoms with Crippen molar-refractivity contribution in [3.05, 3.63) is 23.8 Å². The summed E-state index contributed by atoms with van der Waals surface area (Å²) in [5.41, 5.74) is 1.40. The summed E-state index contributed by atoms with van der Waals surface area (Å²) in [6.45, 7) is 5.50. The molecule has 2 aliphatic rings. The first-order valence-electron chi connectivity index (χ1n) is 8.93. The molecule has 2 atom stereocenters. The lowest BCUT2D eigenvalue weighted by atomic mass is 9.99. The Bertz CT molecular complexity index is 770. The molecule has 1 unspecified atom stereocenters. The van der Waals surface area contributed by atoms with E-state index in [0.29, 0.717) is 30.8 Å². The molecule has 0 radical (unpaired) electrons. The van der Waals surface area contributed by atoms with Gasteiger partial charge in [0.15, 0.2) is 12.2 Å². The lowest BCUT2D eigenvalue weighted by Gasteiger charge is -2.36. The predicted molar refractivity (Wildman–Crippen MR) is 97.3 cm³/mol. The van der Waals surface area contributed by atoms with E-state index in [-0.39, 0.29) is 12.5 Å². The van der Waals surface area contributed by atoms with Gasteiger partial charge >= 0.3 is 5.97 Å². The number of nitrogens with one attached hydrogen (secondary N) is 1. The van der Waals surface area contributed by atoms with Gasteiger partial charge in [-0.2, -0.15) is 0 Å². The van der Waals surface area contributed by atoms with Gasteiger partial charge in [-0.05, 0) is 44.9 Å². The van der Waals surface area contributed by atoms with E-state index in [9.17, 15) is 19.5 Å². The Balaban J connectivity index is 1.83. The van der Waals surface area contributed by atoms with E-state index in [1.807, 2.05) is 0 Å². The van der Waals surface area contributed by atoms with E-state index < -0.39 is 29.7 Å². The summed E-state index contributed by atoms with van der Waals surface area (Å²) in [5.74, 6) is -1.47. The van der Waals surface area contributed by atoms with Crippen LogP contribution in [0, 0.1) is 0 Å². The number of aliphatic hydroxyl groups excluding tert-OH is 1. The minimum Gasteiger partial charge on any atom is -0.458 e. The molecule has 1 aromatic carbocycles. The van der Waals surface area contributed by atoms with Gasteiger partial charge in [0, 0.05) is 24.3 Å². The van der Waals surface area contributed by atoms with Gasteiger partial charge in [0.25, 0.3) is 5.91 Å². The van der Waals surface area contributed by atoms with E-state index in [0.717, 1.165) is 5.56 Å². The minimum absolute atomic E-state index is 0.0637. The number of ether oxygens (including phenoxy) is 2. The molecule has 2 aliphatic heterocycles. The number of amides is 2. The van der Waals surface area contributed by atoms with Crippen LogP contribution < -0.4 is 10.2 Å². The zero-order valence-electron chi connectivity index (χ0n) is 15.7. The Morgan fingerprint density at radius 3 is 2.78 bits per heavy atom. The largest absolute Gasteiger partial charge is 0.458 e. The van der Waals surface area contributed by atoms with Crippen molar-refractivity contribution >= 4 is 29.2 Å². The highest BCUT2D eigenvalue weighted by atomic mass is 16.6. The van der Waals surface area contributed by atoms with E-state index in [4.69, 9.17) is 9.47 Å². The van der Waals surface area contributed by atoms with Crippen LogP contribution >= 0.6 is 0 Å². The van der Waals surface area contributed by atoms with Gasteiger partial charge in [-0.15, -0.1) is 0 Å². The van der Waals surface area contributed by atoms with Gasteiger partial charge in [0.2, 0.25) is 5.91 Å². The van der Waals surface area contributed by atoms with Gasteiger partial charge in [-0.1, -0.05) is 6.07 Å². The molecule has 146 valence electrons. The molecular formula is C19H24N2O6. The molecule has 27 heavy (non-hydrogen) atoms. The molecule has 2 N–H and O–H groups in total. The first kappa shape index (κ1) is 19.3. The summed E-state index contributed by atoms with van der Waals surface area (Å²) < 4.78 is 10.5. The average molecular weight is 376 g/mol. The molecule has 1 saturated heterocycles. The average Bonchev–Trinajstić information content (AvgIpc) is 2.59. The third kappa shape index (κ3) is 4.12. The molecule has 0 spiro atoms. The molecule has 0 bridgehead atoms. The molecular weight excluding hydrogens is 352 g/mol. The third-order valence-electron chi connectivity index (χ3n) is 4.38. The molecule has 8 heteroatoms. The lowest BCUT2D eigenvalue weighted by Crippen LogP contribution is -2.55. The molecule has 0 aromatic heterocycles. The summed E-state index contributed by atoms with van der Waals surface area (Å²) in [6.07, 6.45) is -2.19. The van der Waals surface area contributed by atoms with Crippen molar-refractivity contribution < 1.29 is 29.0 Å². The number of anilines is 2. The SMILES string of the molecule is CC(C)(C)OC(=O)[C@H](O)C1OCCN(c2cccc3c2CCC(=O)N3)C1=O. The van der Waals surface area contributed by atoms with Crippen LogP contribution in [0.2, 0.25) is 0 Å². The Morgan fingerprint density at radius 2 is 2.07 bits per heavy atom. The fraction of sp³-hybridized carbons (Fsp3) is 0.526. The fourth-order valence-corrected chi connectivity index (χ4v) is 3.22. The Hall–Kier alpha value is -2.45. The van der Waals surface area contributed by atoms with E-state index in [1.54, 1.807) is 39.0 Å². The van der Waals surface area contributed by atoms with Crippen LogP contribution in [0.1, 0.15) is 32.8 Å². The molecule has 2 heterocycles. The van der Waals surface area contributed by atoms with Crippen molar-refractivity contribution in [3.63, 3.8) is 0 Å². The molecule has 2 amide bonds. The summed E-state index contributed by atoms with van der Waals surface area (Å²) in [7, 11) is 0. The lowest BCUT2D eigenvalue weighted by molar-refractivity contribution is -0.177. The first-order valence-corrected chi connectivity index (χ1v) is 8.93. The summed E-state index contributed by atoms with van der Waals surface area (Å²) in [6, 6.07) is 5.33. The zero-order chi connectivity index (χ0) is 19.8. The highest BCUT2D eigenvalue weighted by molar-refractivity contribution is 6.03. The first-order chi connectivity index (χ1) is 12.7. The zero-order valence-corrected chi connectivity index (χ0v) is 15.7. The van der Waals surface area contributed by atoms with Crippen molar-refractivity contribution in [1.82, 2.24) is 0 Å². The maximum Gasteiger partial charge on any atom is 0.338 e. The number of fused-ring (bicyclic) bond motifs is 1. The normalized spacial score (nSPS) is 21.3. The molecule has 3 rings (SSSR count). The number of benzene rings is 1. The van der Waals surface area contributed by atoms with Gasteiger partial charge in [-0.3, -0.25) is 9.59 Å². The van der Waals surface area contributed by atoms with Crippen molar-refractivity contribution in [2.45, 2.75) is 51.4 Å². The summed E-state index contributed by atoms with van der Waals surface area (Å²) in [4.78, 5) is 38.2. The van der Waals surface area contributed by atoms with Crippen LogP contribution in [0.25, 0.3) is 0 Å². The predicted octanol–water partition coefficient (Wildman–Crippen LogP) is 1.01. The fourth-order valence-electron chi connectivity index (χ4n) is 3.22. The van der Waals surface area contributed by atoms with Crippen molar-refractivity contribution in [2.24, 2.45) is 0 Å². The Kier molecular flexibility index (Phi) is 5.21. The number of carbonyl (C=O) groups excluding carboxylic acids is 3. The van der Waals surface area contributed by atoms with Crippen LogP contribution in [0.3, 0.4) is 0 Å². The Labute approximate surface area is 157 Å². The summed E-state index contributed by atoms with van der Waals surface area (Å²) >= 11 is 0. The number of rotatable bonds is 3. The summed E-state index contributed by atoms with van der Waals surface area (Å²) in [5, 5.41) is 13.1. The maximum atomic E-state index is 12.9. The van der Waals surface area contributed by atoms with Crippen LogP contribution in [0.4, 0.5) is 11.4 Å². The maximum absolute atomic E-state index is 12.9. The monoisotopic (exact) mass is 376 g/mol.